The molecule has 0 aliphatic heterocycles. The number of amides is 2. The molecule has 2 N–H and O–H groups in total. The summed E-state index contributed by atoms with van der Waals surface area (Å²) in [4.78, 5) is 28.3. The molecule has 0 radical (unpaired) electrons. The van der Waals surface area contributed by atoms with Crippen LogP contribution >= 0.6 is 11.6 Å². The Morgan fingerprint density at radius 1 is 1.11 bits per heavy atom. The lowest BCUT2D eigenvalue weighted by atomic mass is 10.2. The molecule has 3 aromatic rings. The number of nitrogens with one attached hydrogen (secondary N) is 2. The van der Waals surface area contributed by atoms with Gasteiger partial charge in [-0.25, -0.2) is 4.98 Å². The Balaban J connectivity index is 1.49. The first-order chi connectivity index (χ1) is 13.0. The van der Waals surface area contributed by atoms with Crippen molar-refractivity contribution in [3.05, 3.63) is 71.1 Å². The Morgan fingerprint density at radius 3 is 2.63 bits per heavy atom. The summed E-state index contributed by atoms with van der Waals surface area (Å²) in [5.74, 6) is -0.238. The average molecular weight is 384 g/mol. The number of aromatic nitrogens is 1. The summed E-state index contributed by atoms with van der Waals surface area (Å²) >= 11 is 6.08. The van der Waals surface area contributed by atoms with E-state index >= 15 is 0 Å². The summed E-state index contributed by atoms with van der Waals surface area (Å²) in [6, 6.07) is 14.7. The van der Waals surface area contributed by atoms with Crippen LogP contribution in [0.5, 0.6) is 0 Å². The zero-order valence-corrected chi connectivity index (χ0v) is 15.4. The van der Waals surface area contributed by atoms with E-state index in [0.29, 0.717) is 22.3 Å². The standard InChI is InChI=1S/C20H18ClN3O3/c1-13-7-8-17(16(21)9-13)24-19(26)11-22-18(25)10-15-12-27-20(23-15)14-5-3-2-4-6-14/h2-9,12H,10-11H2,1H3,(H,22,25)(H,24,26). The first-order valence-corrected chi connectivity index (χ1v) is 8.71. The minimum atomic E-state index is -0.362. The third-order valence-corrected chi connectivity index (χ3v) is 4.07. The van der Waals surface area contributed by atoms with Crippen molar-refractivity contribution in [3.8, 4) is 11.5 Å². The Kier molecular flexibility index (Phi) is 5.88. The van der Waals surface area contributed by atoms with E-state index in [2.05, 4.69) is 15.6 Å². The third kappa shape index (κ3) is 5.18. The molecule has 0 spiro atoms. The first-order valence-electron chi connectivity index (χ1n) is 8.34. The Labute approximate surface area is 161 Å². The van der Waals surface area contributed by atoms with Crippen molar-refractivity contribution >= 4 is 29.1 Å². The Bertz CT molecular complexity index is 954. The number of hydrogen-bond acceptors (Lipinski definition) is 4. The van der Waals surface area contributed by atoms with Crippen LogP contribution in [0, 0.1) is 6.92 Å². The van der Waals surface area contributed by atoms with Crippen LogP contribution < -0.4 is 10.6 Å². The van der Waals surface area contributed by atoms with Crippen molar-refractivity contribution in [1.82, 2.24) is 10.3 Å². The number of carbonyl (C=O) groups excluding carboxylic acids is 2. The van der Waals surface area contributed by atoms with E-state index in [1.54, 1.807) is 12.1 Å². The molecular formula is C20H18ClN3O3. The number of halogens is 1. The summed E-state index contributed by atoms with van der Waals surface area (Å²) in [6.07, 6.45) is 1.46. The number of hydrogen-bond donors (Lipinski definition) is 2. The number of aryl methyl sites for hydroxylation is 1. The van der Waals surface area contributed by atoms with E-state index in [1.165, 1.54) is 6.26 Å². The zero-order chi connectivity index (χ0) is 19.2. The van der Waals surface area contributed by atoms with Crippen LogP contribution in [0.4, 0.5) is 5.69 Å². The quantitative estimate of drug-likeness (QED) is 0.681. The lowest BCUT2D eigenvalue weighted by Crippen LogP contribution is -2.33. The van der Waals surface area contributed by atoms with Gasteiger partial charge in [-0.3, -0.25) is 9.59 Å². The van der Waals surface area contributed by atoms with Crippen molar-refractivity contribution in [3.63, 3.8) is 0 Å². The van der Waals surface area contributed by atoms with Gasteiger partial charge < -0.3 is 15.1 Å². The van der Waals surface area contributed by atoms with Crippen LogP contribution in [0.1, 0.15) is 11.3 Å². The monoisotopic (exact) mass is 383 g/mol. The summed E-state index contributed by atoms with van der Waals surface area (Å²) < 4.78 is 5.39. The molecule has 27 heavy (non-hydrogen) atoms. The minimum absolute atomic E-state index is 0.0227. The van der Waals surface area contributed by atoms with Crippen molar-refractivity contribution < 1.29 is 14.0 Å². The van der Waals surface area contributed by atoms with Crippen molar-refractivity contribution in [2.24, 2.45) is 0 Å². The molecule has 0 aliphatic rings. The second-order valence-electron chi connectivity index (χ2n) is 6.00. The molecule has 0 saturated carbocycles. The van der Waals surface area contributed by atoms with E-state index in [1.807, 2.05) is 43.3 Å². The van der Waals surface area contributed by atoms with Gasteiger partial charge in [-0.15, -0.1) is 0 Å². The fraction of sp³-hybridized carbons (Fsp3) is 0.150. The van der Waals surface area contributed by atoms with Crippen LogP contribution in [-0.2, 0) is 16.0 Å². The second kappa shape index (κ2) is 8.51. The molecule has 0 unspecified atom stereocenters. The van der Waals surface area contributed by atoms with Gasteiger partial charge >= 0.3 is 0 Å². The van der Waals surface area contributed by atoms with Gasteiger partial charge in [0.1, 0.15) is 6.26 Å². The largest absolute Gasteiger partial charge is 0.444 e. The SMILES string of the molecule is Cc1ccc(NC(=O)CNC(=O)Cc2coc(-c3ccccc3)n2)c(Cl)c1. The molecule has 6 nitrogen and oxygen atoms in total. The van der Waals surface area contributed by atoms with E-state index in [4.69, 9.17) is 16.0 Å². The first kappa shape index (κ1) is 18.7. The number of benzene rings is 2. The van der Waals surface area contributed by atoms with Gasteiger partial charge in [-0.1, -0.05) is 35.9 Å². The number of oxazole rings is 1. The summed E-state index contributed by atoms with van der Waals surface area (Å²) in [7, 11) is 0. The van der Waals surface area contributed by atoms with E-state index in [0.717, 1.165) is 11.1 Å². The van der Waals surface area contributed by atoms with Crippen LogP contribution in [-0.4, -0.2) is 23.3 Å². The highest BCUT2D eigenvalue weighted by Crippen LogP contribution is 2.22. The van der Waals surface area contributed by atoms with E-state index < -0.39 is 0 Å². The smallest absolute Gasteiger partial charge is 0.243 e. The topological polar surface area (TPSA) is 84.2 Å². The van der Waals surface area contributed by atoms with Crippen LogP contribution in [0.15, 0.2) is 59.2 Å². The van der Waals surface area contributed by atoms with Crippen LogP contribution in [0.3, 0.4) is 0 Å². The Hall–Kier alpha value is -3.12. The van der Waals surface area contributed by atoms with Crippen molar-refractivity contribution in [1.29, 1.82) is 0 Å². The summed E-state index contributed by atoms with van der Waals surface area (Å²) in [6.45, 7) is 1.75. The molecule has 138 valence electrons. The molecule has 0 fully saturated rings. The average Bonchev–Trinajstić information content (AvgIpc) is 3.11. The number of rotatable bonds is 6. The number of anilines is 1. The fourth-order valence-corrected chi connectivity index (χ4v) is 2.71. The summed E-state index contributed by atoms with van der Waals surface area (Å²) in [5.41, 5.74) is 2.83. The summed E-state index contributed by atoms with van der Waals surface area (Å²) in [5, 5.41) is 5.67. The molecule has 2 amide bonds. The molecule has 3 rings (SSSR count). The highest BCUT2D eigenvalue weighted by Gasteiger charge is 2.12. The minimum Gasteiger partial charge on any atom is -0.444 e. The van der Waals surface area contributed by atoms with E-state index in [9.17, 15) is 9.59 Å². The fourth-order valence-electron chi connectivity index (χ4n) is 2.42. The lowest BCUT2D eigenvalue weighted by molar-refractivity contribution is -0.123. The molecular weight excluding hydrogens is 366 g/mol. The molecule has 1 aromatic heterocycles. The van der Waals surface area contributed by atoms with Gasteiger partial charge in [-0.05, 0) is 36.8 Å². The van der Waals surface area contributed by atoms with Gasteiger partial charge in [0.05, 0.1) is 29.4 Å². The zero-order valence-electron chi connectivity index (χ0n) is 14.7. The van der Waals surface area contributed by atoms with Gasteiger partial charge in [0.15, 0.2) is 0 Å². The maximum atomic E-state index is 12.0. The molecule has 0 saturated heterocycles. The van der Waals surface area contributed by atoms with Gasteiger partial charge in [0.2, 0.25) is 17.7 Å². The number of carbonyl (C=O) groups is 2. The van der Waals surface area contributed by atoms with Crippen LogP contribution in [0.25, 0.3) is 11.5 Å². The highest BCUT2D eigenvalue weighted by atomic mass is 35.5. The number of nitrogens with zero attached hydrogens (tertiary/aromatic N) is 1. The maximum absolute atomic E-state index is 12.0. The molecule has 0 bridgehead atoms. The van der Waals surface area contributed by atoms with Gasteiger partial charge in [-0.2, -0.15) is 0 Å². The lowest BCUT2D eigenvalue weighted by Gasteiger charge is -2.08. The van der Waals surface area contributed by atoms with Crippen LogP contribution in [0.2, 0.25) is 5.02 Å². The molecule has 1 heterocycles. The van der Waals surface area contributed by atoms with Gasteiger partial charge in [0.25, 0.3) is 0 Å². The molecule has 7 heteroatoms. The molecule has 0 aliphatic carbocycles. The van der Waals surface area contributed by atoms with Crippen molar-refractivity contribution in [2.75, 3.05) is 11.9 Å². The predicted octanol–water partition coefficient (Wildman–Crippen LogP) is 3.60. The molecule has 2 aromatic carbocycles. The molecule has 0 atom stereocenters. The third-order valence-electron chi connectivity index (χ3n) is 3.76. The van der Waals surface area contributed by atoms with Crippen molar-refractivity contribution in [2.45, 2.75) is 13.3 Å². The van der Waals surface area contributed by atoms with Gasteiger partial charge in [0, 0.05) is 5.56 Å². The normalized spacial score (nSPS) is 10.4. The Morgan fingerprint density at radius 2 is 1.89 bits per heavy atom. The maximum Gasteiger partial charge on any atom is 0.243 e. The van der Waals surface area contributed by atoms with E-state index in [-0.39, 0.29) is 24.8 Å². The predicted molar refractivity (Wildman–Crippen MR) is 103 cm³/mol. The highest BCUT2D eigenvalue weighted by molar-refractivity contribution is 6.33. The second-order valence-corrected chi connectivity index (χ2v) is 6.40.